The minimum absolute atomic E-state index is 0.00763. The van der Waals surface area contributed by atoms with E-state index in [2.05, 4.69) is 4.74 Å². The zero-order valence-electron chi connectivity index (χ0n) is 9.22. The molecule has 0 radical (unpaired) electrons. The second-order valence-corrected chi connectivity index (χ2v) is 3.37. The Morgan fingerprint density at radius 2 is 1.89 bits per heavy atom. The molecule has 0 spiro atoms. The fourth-order valence-electron chi connectivity index (χ4n) is 1.07. The predicted molar refractivity (Wildman–Crippen MR) is 53.8 cm³/mol. The number of nitrogen functional groups attached to an aromatic ring is 1. The number of rotatable bonds is 5. The normalized spacial score (nSPS) is 11.7. The number of hydrogen-bond acceptors (Lipinski definition) is 3. The molecular weight excluding hydrogens is 261 g/mol. The highest BCUT2D eigenvalue weighted by Gasteiger charge is 2.42. The molecule has 1 aromatic rings. The summed E-state index contributed by atoms with van der Waals surface area (Å²) in [5, 5.41) is 0. The number of nitrogens with two attached hydrogens (primary N) is 1. The topological polar surface area (TPSA) is 44.5 Å². The van der Waals surface area contributed by atoms with Gasteiger partial charge in [-0.05, 0) is 0 Å². The molecule has 0 saturated heterocycles. The summed E-state index contributed by atoms with van der Waals surface area (Å²) in [5.74, 6) is -6.05. The summed E-state index contributed by atoms with van der Waals surface area (Å²) in [7, 11) is 1.22. The van der Waals surface area contributed by atoms with Crippen molar-refractivity contribution in [1.29, 1.82) is 0 Å². The number of hydrogen-bond donors (Lipinski definition) is 1. The molecule has 0 saturated carbocycles. The molecule has 0 heterocycles. The summed E-state index contributed by atoms with van der Waals surface area (Å²) in [6.07, 6.45) is -3.89. The molecule has 0 aliphatic heterocycles. The second-order valence-electron chi connectivity index (χ2n) is 3.37. The van der Waals surface area contributed by atoms with Gasteiger partial charge in [0, 0.05) is 12.1 Å². The van der Waals surface area contributed by atoms with Gasteiger partial charge in [-0.15, -0.1) is 0 Å². The van der Waals surface area contributed by atoms with Gasteiger partial charge >= 0.3 is 12.3 Å². The average molecular weight is 271 g/mol. The number of anilines is 1. The van der Waals surface area contributed by atoms with Crippen LogP contribution in [0.25, 0.3) is 0 Å². The smallest absolute Gasteiger partial charge is 0.340 e. The Hall–Kier alpha value is -1.73. The maximum atomic E-state index is 13.3. The molecule has 0 unspecified atom stereocenters. The monoisotopic (exact) mass is 271 g/mol. The number of methoxy groups -OCH3 is 1. The number of halogens is 5. The molecule has 18 heavy (non-hydrogen) atoms. The van der Waals surface area contributed by atoms with Gasteiger partial charge in [0.25, 0.3) is 0 Å². The summed E-state index contributed by atoms with van der Waals surface area (Å²) >= 11 is 0. The van der Waals surface area contributed by atoms with Crippen LogP contribution in [-0.4, -0.2) is 26.1 Å². The number of alkyl halides is 4. The van der Waals surface area contributed by atoms with Gasteiger partial charge in [-0.25, -0.2) is 13.2 Å². The summed E-state index contributed by atoms with van der Waals surface area (Å²) in [6.45, 7) is -1.64. The molecule has 0 aromatic heterocycles. The molecule has 2 N–H and O–H groups in total. The van der Waals surface area contributed by atoms with E-state index in [0.29, 0.717) is 0 Å². The third-order valence-electron chi connectivity index (χ3n) is 2.02. The van der Waals surface area contributed by atoms with Crippen LogP contribution < -0.4 is 15.2 Å². The summed E-state index contributed by atoms with van der Waals surface area (Å²) < 4.78 is 71.1. The third kappa shape index (κ3) is 3.14. The zero-order valence-corrected chi connectivity index (χ0v) is 9.22. The van der Waals surface area contributed by atoms with Crippen LogP contribution in [0.2, 0.25) is 0 Å². The number of ether oxygens (including phenoxy) is 2. The average Bonchev–Trinajstić information content (AvgIpc) is 2.27. The van der Waals surface area contributed by atoms with Crippen LogP contribution in [0, 0.1) is 5.82 Å². The van der Waals surface area contributed by atoms with Crippen molar-refractivity contribution in [3.63, 3.8) is 0 Å². The molecule has 0 aliphatic carbocycles. The van der Waals surface area contributed by atoms with Crippen molar-refractivity contribution < 1.29 is 31.4 Å². The largest absolute Gasteiger partial charge is 0.494 e. The highest BCUT2D eigenvalue weighted by atomic mass is 19.3. The Kier molecular flexibility index (Phi) is 4.20. The van der Waals surface area contributed by atoms with E-state index in [9.17, 15) is 22.0 Å². The zero-order chi connectivity index (χ0) is 13.9. The van der Waals surface area contributed by atoms with Gasteiger partial charge in [0.2, 0.25) is 0 Å². The molecule has 3 nitrogen and oxygen atoms in total. The minimum atomic E-state index is -4.36. The lowest BCUT2D eigenvalue weighted by atomic mass is 10.2. The van der Waals surface area contributed by atoms with Gasteiger partial charge < -0.3 is 15.2 Å². The van der Waals surface area contributed by atoms with Crippen LogP contribution in [0.1, 0.15) is 0 Å². The van der Waals surface area contributed by atoms with Crippen LogP contribution in [0.5, 0.6) is 11.5 Å². The highest BCUT2D eigenvalue weighted by molar-refractivity contribution is 5.56. The predicted octanol–water partition coefficient (Wildman–Crippen LogP) is 2.70. The van der Waals surface area contributed by atoms with Crippen molar-refractivity contribution in [2.75, 3.05) is 19.5 Å². The van der Waals surface area contributed by atoms with Crippen LogP contribution in [0.3, 0.4) is 0 Å². The van der Waals surface area contributed by atoms with E-state index in [1.165, 1.54) is 7.11 Å². The van der Waals surface area contributed by atoms with Crippen LogP contribution >= 0.6 is 0 Å². The first kappa shape index (κ1) is 14.3. The van der Waals surface area contributed by atoms with Crippen molar-refractivity contribution in [2.45, 2.75) is 12.3 Å². The van der Waals surface area contributed by atoms with E-state index < -0.39 is 30.5 Å². The first-order valence-corrected chi connectivity index (χ1v) is 4.69. The lowest BCUT2D eigenvalue weighted by Crippen LogP contribution is -2.33. The van der Waals surface area contributed by atoms with Crippen molar-refractivity contribution in [3.8, 4) is 11.5 Å². The molecule has 8 heteroatoms. The molecule has 1 rings (SSSR count). The first-order chi connectivity index (χ1) is 8.27. The molecule has 0 atom stereocenters. The summed E-state index contributed by atoms with van der Waals surface area (Å²) in [4.78, 5) is 0. The lowest BCUT2D eigenvalue weighted by Gasteiger charge is -2.17. The fraction of sp³-hybridized carbons (Fsp3) is 0.400. The van der Waals surface area contributed by atoms with Gasteiger partial charge in [-0.3, -0.25) is 0 Å². The van der Waals surface area contributed by atoms with Gasteiger partial charge in [-0.1, -0.05) is 0 Å². The second kappa shape index (κ2) is 5.28. The van der Waals surface area contributed by atoms with Crippen molar-refractivity contribution in [3.05, 3.63) is 17.9 Å². The fourth-order valence-corrected chi connectivity index (χ4v) is 1.07. The summed E-state index contributed by atoms with van der Waals surface area (Å²) in [6, 6.07) is 1.70. The van der Waals surface area contributed by atoms with Crippen LogP contribution in [-0.2, 0) is 0 Å². The van der Waals surface area contributed by atoms with E-state index in [0.717, 1.165) is 12.1 Å². The molecule has 0 fully saturated rings. The van der Waals surface area contributed by atoms with E-state index in [4.69, 9.17) is 10.5 Å². The first-order valence-electron chi connectivity index (χ1n) is 4.69. The van der Waals surface area contributed by atoms with E-state index in [1.54, 1.807) is 0 Å². The van der Waals surface area contributed by atoms with Crippen molar-refractivity contribution in [2.24, 2.45) is 0 Å². The quantitative estimate of drug-likeness (QED) is 0.661. The Morgan fingerprint density at radius 3 is 2.39 bits per heavy atom. The van der Waals surface area contributed by atoms with Gasteiger partial charge in [0.15, 0.2) is 18.2 Å². The highest BCUT2D eigenvalue weighted by Crippen LogP contribution is 2.31. The molecule has 0 aliphatic rings. The Balaban J connectivity index is 2.85. The molecule has 0 amide bonds. The minimum Gasteiger partial charge on any atom is -0.494 e. The van der Waals surface area contributed by atoms with E-state index in [-0.39, 0.29) is 11.4 Å². The molecular formula is C10H10F5NO2. The Bertz CT molecular complexity index is 425. The van der Waals surface area contributed by atoms with Crippen molar-refractivity contribution in [1.82, 2.24) is 0 Å². The molecule has 1 aromatic carbocycles. The van der Waals surface area contributed by atoms with Gasteiger partial charge in [-0.2, -0.15) is 8.78 Å². The number of benzene rings is 1. The molecule has 0 bridgehead atoms. The standard InChI is InChI=1S/C10H10F5NO2/c1-17-8-3-7(5(11)2-6(8)16)18-4-10(14,15)9(12)13/h2-3,9H,4,16H2,1H3. The lowest BCUT2D eigenvalue weighted by molar-refractivity contribution is -0.148. The van der Waals surface area contributed by atoms with Gasteiger partial charge in [0.05, 0.1) is 12.8 Å². The molecule has 102 valence electrons. The maximum absolute atomic E-state index is 13.3. The maximum Gasteiger partial charge on any atom is 0.340 e. The van der Waals surface area contributed by atoms with Crippen molar-refractivity contribution >= 4 is 5.69 Å². The Morgan fingerprint density at radius 1 is 1.28 bits per heavy atom. The van der Waals surface area contributed by atoms with E-state index >= 15 is 0 Å². The third-order valence-corrected chi connectivity index (χ3v) is 2.02. The summed E-state index contributed by atoms with van der Waals surface area (Å²) in [5.41, 5.74) is 5.28. The van der Waals surface area contributed by atoms with Gasteiger partial charge in [0.1, 0.15) is 5.75 Å². The van der Waals surface area contributed by atoms with Crippen LogP contribution in [0.4, 0.5) is 27.6 Å². The Labute approximate surface area is 99.3 Å². The van der Waals surface area contributed by atoms with Crippen LogP contribution in [0.15, 0.2) is 12.1 Å². The SMILES string of the molecule is COc1cc(OCC(F)(F)C(F)F)c(F)cc1N. The van der Waals surface area contributed by atoms with E-state index in [1.807, 2.05) is 0 Å².